The maximum atomic E-state index is 4.35. The van der Waals surface area contributed by atoms with Gasteiger partial charge in [0.05, 0.1) is 4.47 Å². The Morgan fingerprint density at radius 1 is 1.12 bits per heavy atom. The average molecular weight is 292 g/mol. The lowest BCUT2D eigenvalue weighted by Gasteiger charge is -2.18. The van der Waals surface area contributed by atoms with E-state index in [9.17, 15) is 0 Å². The number of hydrogen-bond acceptors (Lipinski definition) is 3. The van der Waals surface area contributed by atoms with Gasteiger partial charge in [0.1, 0.15) is 5.82 Å². The summed E-state index contributed by atoms with van der Waals surface area (Å²) in [5.41, 5.74) is 1.10. The number of likely N-dealkylation sites (N-methyl/N-ethyl adjacent to an activating group) is 1. The van der Waals surface area contributed by atoms with Gasteiger partial charge in [-0.2, -0.15) is 0 Å². The number of hydrogen-bond donors (Lipinski definition) is 0. The van der Waals surface area contributed by atoms with Crippen LogP contribution >= 0.6 is 15.9 Å². The number of pyridine rings is 2. The predicted octanol–water partition coefficient (Wildman–Crippen LogP) is 2.92. The van der Waals surface area contributed by atoms with Gasteiger partial charge >= 0.3 is 0 Å². The number of halogens is 1. The summed E-state index contributed by atoms with van der Waals surface area (Å²) < 4.78 is 1.02. The van der Waals surface area contributed by atoms with Crippen LogP contribution in [0.2, 0.25) is 0 Å². The number of nitrogens with zero attached hydrogens (tertiary/aromatic N) is 3. The van der Waals surface area contributed by atoms with Crippen LogP contribution in [0.15, 0.2) is 47.2 Å². The minimum absolute atomic E-state index is 0.895. The molecule has 0 aromatic carbocycles. The lowest BCUT2D eigenvalue weighted by atomic mass is 10.2. The normalized spacial score (nSPS) is 10.2. The van der Waals surface area contributed by atoms with Crippen molar-refractivity contribution in [2.24, 2.45) is 0 Å². The van der Waals surface area contributed by atoms with Gasteiger partial charge in [-0.05, 0) is 40.2 Å². The molecule has 0 fully saturated rings. The zero-order valence-corrected chi connectivity index (χ0v) is 11.3. The molecule has 17 heavy (non-hydrogen) atoms. The van der Waals surface area contributed by atoms with Crippen molar-refractivity contribution >= 4 is 21.7 Å². The second-order valence-electron chi connectivity index (χ2n) is 3.80. The molecule has 3 nitrogen and oxygen atoms in total. The minimum atomic E-state index is 0.895. The molecule has 0 aliphatic carbocycles. The zero-order chi connectivity index (χ0) is 12.1. The Hall–Kier alpha value is -1.42. The minimum Gasteiger partial charge on any atom is -0.358 e. The van der Waals surface area contributed by atoms with E-state index < -0.39 is 0 Å². The second-order valence-corrected chi connectivity index (χ2v) is 4.66. The van der Waals surface area contributed by atoms with Crippen molar-refractivity contribution in [2.45, 2.75) is 6.42 Å². The fourth-order valence-corrected chi connectivity index (χ4v) is 2.15. The Morgan fingerprint density at radius 2 is 1.94 bits per heavy atom. The lowest BCUT2D eigenvalue weighted by Crippen LogP contribution is -2.22. The Labute approximate surface area is 110 Å². The highest BCUT2D eigenvalue weighted by Crippen LogP contribution is 2.21. The van der Waals surface area contributed by atoms with Gasteiger partial charge in [-0.1, -0.05) is 6.07 Å². The second kappa shape index (κ2) is 5.77. The summed E-state index contributed by atoms with van der Waals surface area (Å²) in [5, 5.41) is 0. The molecule has 2 rings (SSSR count). The molecule has 0 amide bonds. The summed E-state index contributed by atoms with van der Waals surface area (Å²) >= 11 is 3.50. The molecule has 0 radical (unpaired) electrons. The van der Waals surface area contributed by atoms with E-state index in [1.165, 1.54) is 0 Å². The van der Waals surface area contributed by atoms with E-state index in [1.807, 2.05) is 43.6 Å². The van der Waals surface area contributed by atoms with Crippen LogP contribution in [0.4, 0.5) is 5.82 Å². The van der Waals surface area contributed by atoms with Gasteiger partial charge in [-0.3, -0.25) is 4.98 Å². The highest BCUT2D eigenvalue weighted by molar-refractivity contribution is 9.10. The fourth-order valence-electron chi connectivity index (χ4n) is 1.59. The SMILES string of the molecule is CN(CCc1ccccn1)c1ncccc1Br. The van der Waals surface area contributed by atoms with Crippen molar-refractivity contribution in [3.63, 3.8) is 0 Å². The molecule has 0 aliphatic heterocycles. The van der Waals surface area contributed by atoms with E-state index in [1.54, 1.807) is 6.20 Å². The molecule has 0 aliphatic rings. The van der Waals surface area contributed by atoms with Gasteiger partial charge in [0.2, 0.25) is 0 Å². The number of rotatable bonds is 4. The summed E-state index contributed by atoms with van der Waals surface area (Å²) in [7, 11) is 2.04. The fraction of sp³-hybridized carbons (Fsp3) is 0.231. The highest BCUT2D eigenvalue weighted by Gasteiger charge is 2.06. The molecule has 0 saturated heterocycles. The van der Waals surface area contributed by atoms with E-state index in [2.05, 4.69) is 30.8 Å². The molecule has 2 aromatic rings. The van der Waals surface area contributed by atoms with Crippen LogP contribution in [0, 0.1) is 0 Å². The summed E-state index contributed by atoms with van der Waals surface area (Å²) in [6.07, 6.45) is 4.55. The van der Waals surface area contributed by atoms with E-state index in [4.69, 9.17) is 0 Å². The molecular weight excluding hydrogens is 278 g/mol. The lowest BCUT2D eigenvalue weighted by molar-refractivity contribution is 0.837. The largest absolute Gasteiger partial charge is 0.358 e. The van der Waals surface area contributed by atoms with Gasteiger partial charge in [0.15, 0.2) is 0 Å². The first-order chi connectivity index (χ1) is 8.27. The van der Waals surface area contributed by atoms with Crippen molar-refractivity contribution < 1.29 is 0 Å². The van der Waals surface area contributed by atoms with Gasteiger partial charge < -0.3 is 4.90 Å². The first kappa shape index (κ1) is 12.0. The maximum Gasteiger partial charge on any atom is 0.142 e. The average Bonchev–Trinajstić information content (AvgIpc) is 2.38. The van der Waals surface area contributed by atoms with Crippen LogP contribution < -0.4 is 4.90 Å². The smallest absolute Gasteiger partial charge is 0.142 e. The van der Waals surface area contributed by atoms with Crippen LogP contribution in [0.3, 0.4) is 0 Å². The first-order valence-electron chi connectivity index (χ1n) is 5.49. The van der Waals surface area contributed by atoms with E-state index in [-0.39, 0.29) is 0 Å². The molecule has 0 saturated carbocycles. The Balaban J connectivity index is 1.99. The van der Waals surface area contributed by atoms with Crippen LogP contribution in [-0.2, 0) is 6.42 Å². The molecule has 0 atom stereocenters. The van der Waals surface area contributed by atoms with Crippen molar-refractivity contribution in [1.29, 1.82) is 0 Å². The summed E-state index contributed by atoms with van der Waals surface area (Å²) in [6, 6.07) is 9.91. The molecule has 4 heteroatoms. The summed E-state index contributed by atoms with van der Waals surface area (Å²) in [4.78, 5) is 10.8. The van der Waals surface area contributed by atoms with Crippen LogP contribution in [-0.4, -0.2) is 23.6 Å². The van der Waals surface area contributed by atoms with Crippen LogP contribution in [0.1, 0.15) is 5.69 Å². The summed E-state index contributed by atoms with van der Waals surface area (Å²) in [6.45, 7) is 0.895. The van der Waals surface area contributed by atoms with Gasteiger partial charge in [0.25, 0.3) is 0 Å². The number of anilines is 1. The summed E-state index contributed by atoms with van der Waals surface area (Å²) in [5.74, 6) is 0.962. The van der Waals surface area contributed by atoms with E-state index in [0.29, 0.717) is 0 Å². The zero-order valence-electron chi connectivity index (χ0n) is 9.68. The third kappa shape index (κ3) is 3.27. The maximum absolute atomic E-state index is 4.35. The van der Waals surface area contributed by atoms with Gasteiger partial charge in [-0.25, -0.2) is 4.98 Å². The quantitative estimate of drug-likeness (QED) is 0.867. The van der Waals surface area contributed by atoms with Crippen molar-refractivity contribution in [1.82, 2.24) is 9.97 Å². The first-order valence-corrected chi connectivity index (χ1v) is 6.28. The van der Waals surface area contributed by atoms with Crippen LogP contribution in [0.25, 0.3) is 0 Å². The predicted molar refractivity (Wildman–Crippen MR) is 73.1 cm³/mol. The molecular formula is C13H14BrN3. The monoisotopic (exact) mass is 291 g/mol. The highest BCUT2D eigenvalue weighted by atomic mass is 79.9. The van der Waals surface area contributed by atoms with E-state index >= 15 is 0 Å². The molecule has 0 N–H and O–H groups in total. The Kier molecular flexibility index (Phi) is 4.09. The third-order valence-electron chi connectivity index (χ3n) is 2.53. The Bertz CT molecular complexity index is 473. The van der Waals surface area contributed by atoms with Crippen molar-refractivity contribution in [2.75, 3.05) is 18.5 Å². The molecule has 0 spiro atoms. The standard InChI is InChI=1S/C13H14BrN3/c1-17(13-12(14)6-4-9-16-13)10-7-11-5-2-3-8-15-11/h2-6,8-9H,7,10H2,1H3. The topological polar surface area (TPSA) is 29.0 Å². The van der Waals surface area contributed by atoms with Crippen molar-refractivity contribution in [3.05, 3.63) is 52.9 Å². The molecule has 2 aromatic heterocycles. The van der Waals surface area contributed by atoms with Gasteiger partial charge in [-0.15, -0.1) is 0 Å². The van der Waals surface area contributed by atoms with Crippen LogP contribution in [0.5, 0.6) is 0 Å². The van der Waals surface area contributed by atoms with Crippen molar-refractivity contribution in [3.8, 4) is 0 Å². The molecule has 0 unspecified atom stereocenters. The molecule has 88 valence electrons. The van der Waals surface area contributed by atoms with Gasteiger partial charge in [0, 0.05) is 38.1 Å². The van der Waals surface area contributed by atoms with E-state index in [0.717, 1.165) is 29.0 Å². The Morgan fingerprint density at radius 3 is 2.65 bits per heavy atom. The third-order valence-corrected chi connectivity index (χ3v) is 3.15. The molecule has 2 heterocycles. The molecule has 0 bridgehead atoms. The number of aromatic nitrogens is 2.